The van der Waals surface area contributed by atoms with Gasteiger partial charge in [0.1, 0.15) is 23.9 Å². The number of carbonyl (C=O) groups excluding carboxylic acids is 1. The minimum atomic E-state index is -4.53. The number of alkyl halides is 3. The van der Waals surface area contributed by atoms with Crippen LogP contribution in [0.5, 0.6) is 0 Å². The predicted molar refractivity (Wildman–Crippen MR) is 108 cm³/mol. The molecular formula is C22H21ClF5N2O+. The van der Waals surface area contributed by atoms with E-state index in [1.807, 2.05) is 0 Å². The molecule has 9 heteroatoms. The topological polar surface area (TPSA) is 29.1 Å². The van der Waals surface area contributed by atoms with Crippen LogP contribution in [-0.4, -0.2) is 38.3 Å². The number of benzene rings is 2. The predicted octanol–water partition coefficient (Wildman–Crippen LogP) is 5.35. The van der Waals surface area contributed by atoms with E-state index in [2.05, 4.69) is 5.32 Å². The molecule has 0 bridgehead atoms. The normalized spacial score (nSPS) is 22.5. The van der Waals surface area contributed by atoms with E-state index in [0.717, 1.165) is 18.2 Å². The number of carbonyl (C=O) groups is 1. The first-order valence-corrected chi connectivity index (χ1v) is 10.4. The van der Waals surface area contributed by atoms with Gasteiger partial charge in [0.2, 0.25) is 0 Å². The molecule has 2 heterocycles. The zero-order chi connectivity index (χ0) is 22.4. The number of piperidine rings is 1. The Labute approximate surface area is 181 Å². The first kappa shape index (κ1) is 22.2. The van der Waals surface area contributed by atoms with Crippen LogP contribution in [0, 0.1) is 11.6 Å². The van der Waals surface area contributed by atoms with E-state index in [9.17, 15) is 26.7 Å². The zero-order valence-electron chi connectivity index (χ0n) is 16.5. The van der Waals surface area contributed by atoms with E-state index in [-0.39, 0.29) is 6.54 Å². The first-order chi connectivity index (χ1) is 14.6. The van der Waals surface area contributed by atoms with Crippen LogP contribution in [0.3, 0.4) is 0 Å². The highest BCUT2D eigenvalue weighted by molar-refractivity contribution is 6.30. The Hall–Kier alpha value is -2.03. The average Bonchev–Trinajstić information content (AvgIpc) is 2.96. The van der Waals surface area contributed by atoms with Crippen molar-refractivity contribution in [3.63, 3.8) is 0 Å². The van der Waals surface area contributed by atoms with Crippen molar-refractivity contribution in [3.05, 3.63) is 64.2 Å². The molecular weight excluding hydrogens is 439 g/mol. The van der Waals surface area contributed by atoms with Gasteiger partial charge in [-0.3, -0.25) is 0 Å². The molecule has 1 amide bonds. The van der Waals surface area contributed by atoms with Gasteiger partial charge in [0.25, 0.3) is 0 Å². The molecule has 0 saturated carbocycles. The Morgan fingerprint density at radius 3 is 2.35 bits per heavy atom. The lowest BCUT2D eigenvalue weighted by molar-refractivity contribution is -0.136. The molecule has 2 aromatic rings. The second kappa shape index (κ2) is 7.83. The summed E-state index contributed by atoms with van der Waals surface area (Å²) >= 11 is 6.21. The largest absolute Gasteiger partial charge is 0.394 e. The van der Waals surface area contributed by atoms with E-state index in [4.69, 9.17) is 11.6 Å². The summed E-state index contributed by atoms with van der Waals surface area (Å²) < 4.78 is 68.1. The molecule has 1 saturated heterocycles. The molecule has 4 rings (SSSR count). The number of rotatable bonds is 3. The van der Waals surface area contributed by atoms with Gasteiger partial charge in [0, 0.05) is 16.7 Å². The summed E-state index contributed by atoms with van der Waals surface area (Å²) in [5.74, 6) is -3.17. The van der Waals surface area contributed by atoms with Crippen molar-refractivity contribution in [1.82, 2.24) is 9.80 Å². The Morgan fingerprint density at radius 1 is 1.10 bits per heavy atom. The van der Waals surface area contributed by atoms with E-state index in [0.29, 0.717) is 42.2 Å². The maximum absolute atomic E-state index is 14.5. The van der Waals surface area contributed by atoms with Crippen LogP contribution in [0.4, 0.5) is 27.6 Å². The van der Waals surface area contributed by atoms with Gasteiger partial charge in [-0.2, -0.15) is 13.2 Å². The number of amides is 1. The third-order valence-electron chi connectivity index (χ3n) is 6.47. The Bertz CT molecular complexity index is 999. The lowest BCUT2D eigenvalue weighted by atomic mass is 9.75. The molecule has 1 fully saturated rings. The average molecular weight is 460 g/mol. The Morgan fingerprint density at radius 2 is 1.74 bits per heavy atom. The zero-order valence-corrected chi connectivity index (χ0v) is 17.3. The van der Waals surface area contributed by atoms with Crippen molar-refractivity contribution in [3.8, 4) is 0 Å². The van der Waals surface area contributed by atoms with Gasteiger partial charge < -0.3 is 5.32 Å². The summed E-state index contributed by atoms with van der Waals surface area (Å²) in [5.41, 5.74) is -0.386. The van der Waals surface area contributed by atoms with Gasteiger partial charge >= 0.3 is 12.1 Å². The van der Waals surface area contributed by atoms with Crippen molar-refractivity contribution >= 4 is 23.2 Å². The van der Waals surface area contributed by atoms with E-state index in [1.165, 1.54) is 12.1 Å². The van der Waals surface area contributed by atoms with Crippen molar-refractivity contribution in [2.24, 2.45) is 0 Å². The summed E-state index contributed by atoms with van der Waals surface area (Å²) in [6.07, 6.45) is -4.63. The molecule has 1 atom stereocenters. The highest BCUT2D eigenvalue weighted by Crippen LogP contribution is 2.52. The highest BCUT2D eigenvalue weighted by Gasteiger charge is 2.59. The molecule has 166 valence electrons. The minimum absolute atomic E-state index is 0.00699. The number of fused-ring (bicyclic) bond motifs is 2. The summed E-state index contributed by atoms with van der Waals surface area (Å²) in [5, 5.41) is 3.62. The smallest absolute Gasteiger partial charge is 0.317 e. The first-order valence-electron chi connectivity index (χ1n) is 10.0. The molecule has 2 aromatic carbocycles. The molecule has 0 aromatic heterocycles. The maximum atomic E-state index is 14.5. The highest BCUT2D eigenvalue weighted by atomic mass is 35.5. The summed E-state index contributed by atoms with van der Waals surface area (Å²) in [6.45, 7) is 0.605. The van der Waals surface area contributed by atoms with Gasteiger partial charge in [-0.15, -0.1) is 0 Å². The van der Waals surface area contributed by atoms with Crippen molar-refractivity contribution in [2.45, 2.75) is 30.9 Å². The Balaban J connectivity index is 1.92. The second-order valence-corrected chi connectivity index (χ2v) is 8.74. The van der Waals surface area contributed by atoms with E-state index >= 15 is 0 Å². The lowest BCUT2D eigenvalue weighted by Gasteiger charge is -2.37. The van der Waals surface area contributed by atoms with Gasteiger partial charge in [-0.05, 0) is 50.2 Å². The fraction of sp³-hybridized carbons (Fsp3) is 0.409. The van der Waals surface area contributed by atoms with Crippen LogP contribution in [0.15, 0.2) is 36.4 Å². The van der Waals surface area contributed by atoms with Crippen LogP contribution < -0.4 is 9.80 Å². The van der Waals surface area contributed by atoms with Gasteiger partial charge in [-0.1, -0.05) is 17.7 Å². The number of halogens is 6. The molecule has 1 unspecified atom stereocenters. The molecule has 2 aliphatic heterocycles. The summed E-state index contributed by atoms with van der Waals surface area (Å²) in [6, 6.07) is 7.72. The van der Waals surface area contributed by atoms with Crippen molar-refractivity contribution in [1.29, 1.82) is 0 Å². The molecule has 1 spiro atoms. The van der Waals surface area contributed by atoms with Crippen LogP contribution in [0.25, 0.3) is 0 Å². The third-order valence-corrected chi connectivity index (χ3v) is 6.70. The quantitative estimate of drug-likeness (QED) is 0.495. The number of hydrogen-bond acceptors (Lipinski definition) is 2. The fourth-order valence-electron chi connectivity index (χ4n) is 5.04. The van der Waals surface area contributed by atoms with Gasteiger partial charge in [0.15, 0.2) is 5.56 Å². The monoisotopic (exact) mass is 459 g/mol. The summed E-state index contributed by atoms with van der Waals surface area (Å²) in [7, 11) is 0. The van der Waals surface area contributed by atoms with Crippen molar-refractivity contribution in [2.75, 3.05) is 26.2 Å². The van der Waals surface area contributed by atoms with Crippen molar-refractivity contribution < 1.29 is 26.7 Å². The fourth-order valence-corrected chi connectivity index (χ4v) is 5.21. The number of nitrogens with one attached hydrogen (secondary N) is 1. The Kier molecular flexibility index (Phi) is 5.60. The molecule has 31 heavy (non-hydrogen) atoms. The van der Waals surface area contributed by atoms with Crippen LogP contribution >= 0.6 is 11.6 Å². The van der Waals surface area contributed by atoms with Crippen LogP contribution in [-0.2, 0) is 5.41 Å². The lowest BCUT2D eigenvalue weighted by Crippen LogP contribution is -2.58. The van der Waals surface area contributed by atoms with E-state index < -0.39 is 52.1 Å². The van der Waals surface area contributed by atoms with Gasteiger partial charge in [-0.25, -0.2) is 18.1 Å². The second-order valence-electron chi connectivity index (χ2n) is 8.31. The molecule has 1 N–H and O–H groups in total. The maximum Gasteiger partial charge on any atom is 0.394 e. The molecule has 2 aliphatic rings. The molecule has 0 aliphatic carbocycles. The van der Waals surface area contributed by atoms with Gasteiger partial charge in [0.05, 0.1) is 18.4 Å². The number of nitrogens with zero attached hydrogens (tertiary/aromatic N) is 1. The van der Waals surface area contributed by atoms with Crippen LogP contribution in [0.1, 0.15) is 35.2 Å². The number of quaternary nitrogens is 1. The third kappa shape index (κ3) is 3.85. The number of hydrogen-bond donors (Lipinski definition) is 1. The standard InChI is InChI=1S/C22H21ClF5N2O/c23-14-4-5-18-15(12-14)21(6-9-29-10-7-21)13-30(18,11-8-22(26,27)28)20(31)19-16(24)2-1-3-17(19)25/h1-5,12,29H,6-11,13H2/q+1. The van der Waals surface area contributed by atoms with Crippen LogP contribution in [0.2, 0.25) is 5.02 Å². The SMILES string of the molecule is O=C(c1c(F)cccc1F)[N+]1(CCC(F)(F)F)CC2(CCNCC2)c2cc(Cl)ccc21. The molecule has 3 nitrogen and oxygen atoms in total. The molecule has 0 radical (unpaired) electrons. The minimum Gasteiger partial charge on any atom is -0.317 e. The summed E-state index contributed by atoms with van der Waals surface area (Å²) in [4.78, 5) is 13.7. The van der Waals surface area contributed by atoms with E-state index in [1.54, 1.807) is 6.07 Å².